The molecule has 5 nitrogen and oxygen atoms in total. The van der Waals surface area contributed by atoms with Gasteiger partial charge in [-0.2, -0.15) is 13.2 Å². The number of hydrogen-bond donors (Lipinski definition) is 1. The van der Waals surface area contributed by atoms with E-state index >= 15 is 0 Å². The summed E-state index contributed by atoms with van der Waals surface area (Å²) in [5.41, 5.74) is 0.327. The smallest absolute Gasteiger partial charge is 0.273 e. The topological polar surface area (TPSA) is 64.0 Å². The predicted octanol–water partition coefficient (Wildman–Crippen LogP) is 3.18. The largest absolute Gasteiger partial charge is 0.418 e. The lowest BCUT2D eigenvalue weighted by Crippen LogP contribution is -2.36. The van der Waals surface area contributed by atoms with Gasteiger partial charge in [0.2, 0.25) is 5.91 Å². The number of fused-ring (bicyclic) bond motifs is 1. The van der Waals surface area contributed by atoms with Crippen LogP contribution >= 0.6 is 0 Å². The summed E-state index contributed by atoms with van der Waals surface area (Å²) in [6.07, 6.45) is -4.89. The molecule has 9 heteroatoms. The lowest BCUT2D eigenvalue weighted by Gasteiger charge is -2.14. The molecule has 0 unspecified atom stereocenters. The molecule has 0 aliphatic heterocycles. The van der Waals surface area contributed by atoms with Crippen molar-refractivity contribution >= 4 is 16.8 Å². The number of carbonyl (C=O) groups is 1. The minimum atomic E-state index is -4.67. The van der Waals surface area contributed by atoms with Crippen LogP contribution in [-0.4, -0.2) is 15.6 Å². The number of aryl methyl sites for hydroxylation is 1. The number of amides is 1. The zero-order valence-electron chi connectivity index (χ0n) is 14.0. The molecule has 0 spiro atoms. The maximum atomic E-state index is 13.2. The second-order valence-corrected chi connectivity index (χ2v) is 5.84. The van der Waals surface area contributed by atoms with Crippen LogP contribution in [-0.2, 0) is 17.4 Å². The Balaban J connectivity index is 1.98. The second kappa shape index (κ2) is 6.82. The molecule has 0 atom stereocenters. The first-order valence-corrected chi connectivity index (χ1v) is 7.80. The van der Waals surface area contributed by atoms with Crippen LogP contribution in [0.5, 0.6) is 0 Å². The monoisotopic (exact) mass is 379 g/mol. The van der Waals surface area contributed by atoms with E-state index in [2.05, 4.69) is 10.4 Å². The number of aromatic nitrogens is 2. The van der Waals surface area contributed by atoms with Crippen LogP contribution in [0.3, 0.4) is 0 Å². The van der Waals surface area contributed by atoms with Crippen molar-refractivity contribution in [3.05, 3.63) is 75.6 Å². The fourth-order valence-electron chi connectivity index (χ4n) is 2.67. The average Bonchev–Trinajstić information content (AvgIpc) is 2.57. The Kier molecular flexibility index (Phi) is 4.69. The van der Waals surface area contributed by atoms with Crippen LogP contribution in [0.2, 0.25) is 0 Å². The highest BCUT2D eigenvalue weighted by molar-refractivity contribution is 5.87. The SMILES string of the molecule is Cc1nc2c(C(F)(F)F)cccc2c(=O)n1NC(=O)Cc1cccc(F)c1. The highest BCUT2D eigenvalue weighted by Crippen LogP contribution is 2.32. The van der Waals surface area contributed by atoms with Gasteiger partial charge in [0.15, 0.2) is 0 Å². The summed E-state index contributed by atoms with van der Waals surface area (Å²) in [5.74, 6) is -1.27. The van der Waals surface area contributed by atoms with Gasteiger partial charge < -0.3 is 0 Å². The first-order chi connectivity index (χ1) is 12.7. The second-order valence-electron chi connectivity index (χ2n) is 5.84. The number of rotatable bonds is 3. The number of halogens is 4. The Hall–Kier alpha value is -3.23. The summed E-state index contributed by atoms with van der Waals surface area (Å²) in [6, 6.07) is 8.50. The fraction of sp³-hybridized carbons (Fsp3) is 0.167. The summed E-state index contributed by atoms with van der Waals surface area (Å²) in [4.78, 5) is 28.6. The molecule has 1 N–H and O–H groups in total. The number of alkyl halides is 3. The minimum absolute atomic E-state index is 0.114. The van der Waals surface area contributed by atoms with E-state index < -0.39 is 34.5 Å². The molecular formula is C18H13F4N3O2. The summed E-state index contributed by atoms with van der Waals surface area (Å²) >= 11 is 0. The molecule has 3 aromatic rings. The lowest BCUT2D eigenvalue weighted by molar-refractivity contribution is -0.136. The van der Waals surface area contributed by atoms with Crippen LogP contribution in [0.4, 0.5) is 17.6 Å². The normalized spacial score (nSPS) is 11.6. The predicted molar refractivity (Wildman–Crippen MR) is 90.2 cm³/mol. The van der Waals surface area contributed by atoms with E-state index in [1.165, 1.54) is 37.3 Å². The van der Waals surface area contributed by atoms with Crippen LogP contribution < -0.4 is 11.0 Å². The van der Waals surface area contributed by atoms with Crippen LogP contribution in [0, 0.1) is 12.7 Å². The first kappa shape index (κ1) is 18.6. The van der Waals surface area contributed by atoms with Crippen molar-refractivity contribution in [3.63, 3.8) is 0 Å². The first-order valence-electron chi connectivity index (χ1n) is 7.80. The van der Waals surface area contributed by atoms with Crippen molar-refractivity contribution < 1.29 is 22.4 Å². The van der Waals surface area contributed by atoms with Crippen molar-refractivity contribution in [1.29, 1.82) is 0 Å². The van der Waals surface area contributed by atoms with E-state index in [4.69, 9.17) is 0 Å². The summed E-state index contributed by atoms with van der Waals surface area (Å²) in [5, 5.41) is -0.276. The molecule has 27 heavy (non-hydrogen) atoms. The van der Waals surface area contributed by atoms with E-state index in [-0.39, 0.29) is 17.6 Å². The number of nitrogens with one attached hydrogen (secondary N) is 1. The van der Waals surface area contributed by atoms with E-state index in [1.807, 2.05) is 0 Å². The highest BCUT2D eigenvalue weighted by atomic mass is 19.4. The molecule has 0 fully saturated rings. The molecule has 1 heterocycles. The molecule has 0 aliphatic carbocycles. The van der Waals surface area contributed by atoms with Gasteiger partial charge in [-0.1, -0.05) is 18.2 Å². The Morgan fingerprint density at radius 1 is 1.19 bits per heavy atom. The molecule has 1 amide bonds. The third-order valence-corrected chi connectivity index (χ3v) is 3.86. The van der Waals surface area contributed by atoms with Gasteiger partial charge in [-0.3, -0.25) is 15.0 Å². The summed E-state index contributed by atoms with van der Waals surface area (Å²) in [6.45, 7) is 1.30. The highest BCUT2D eigenvalue weighted by Gasteiger charge is 2.33. The fourth-order valence-corrected chi connectivity index (χ4v) is 2.67. The van der Waals surface area contributed by atoms with E-state index in [1.54, 1.807) is 0 Å². The van der Waals surface area contributed by atoms with Gasteiger partial charge in [-0.15, -0.1) is 0 Å². The quantitative estimate of drug-likeness (QED) is 0.711. The van der Waals surface area contributed by atoms with Gasteiger partial charge >= 0.3 is 6.18 Å². The van der Waals surface area contributed by atoms with Gasteiger partial charge in [-0.25, -0.2) is 14.1 Å². The standard InChI is InChI=1S/C18H13F4N3O2/c1-10-23-16-13(6-3-7-14(16)18(20,21)22)17(27)25(10)24-15(26)9-11-4-2-5-12(19)8-11/h2-8H,9H2,1H3,(H,24,26). The van der Waals surface area contributed by atoms with Crippen molar-refractivity contribution in [3.8, 4) is 0 Å². The van der Waals surface area contributed by atoms with Crippen molar-refractivity contribution in [1.82, 2.24) is 9.66 Å². The Labute approximate surface area is 150 Å². The Morgan fingerprint density at radius 3 is 2.56 bits per heavy atom. The number of para-hydroxylation sites is 1. The van der Waals surface area contributed by atoms with Gasteiger partial charge in [0, 0.05) is 0 Å². The van der Waals surface area contributed by atoms with Crippen LogP contribution in [0.25, 0.3) is 10.9 Å². The molecule has 3 rings (SSSR count). The van der Waals surface area contributed by atoms with E-state index in [0.29, 0.717) is 5.56 Å². The van der Waals surface area contributed by atoms with Crippen LogP contribution in [0.15, 0.2) is 47.3 Å². The Morgan fingerprint density at radius 2 is 1.89 bits per heavy atom. The zero-order chi connectivity index (χ0) is 19.8. The molecule has 0 radical (unpaired) electrons. The number of nitrogens with zero attached hydrogens (tertiary/aromatic N) is 2. The molecular weight excluding hydrogens is 366 g/mol. The number of hydrogen-bond acceptors (Lipinski definition) is 3. The molecule has 1 aromatic heterocycles. The van der Waals surface area contributed by atoms with Crippen molar-refractivity contribution in [2.24, 2.45) is 0 Å². The van der Waals surface area contributed by atoms with E-state index in [9.17, 15) is 27.2 Å². The molecule has 0 saturated carbocycles. The van der Waals surface area contributed by atoms with Gasteiger partial charge in [0.25, 0.3) is 5.56 Å². The van der Waals surface area contributed by atoms with Gasteiger partial charge in [-0.05, 0) is 36.8 Å². The lowest BCUT2D eigenvalue weighted by atomic mass is 10.1. The maximum Gasteiger partial charge on any atom is 0.418 e. The minimum Gasteiger partial charge on any atom is -0.273 e. The Bertz CT molecular complexity index is 1090. The van der Waals surface area contributed by atoms with E-state index in [0.717, 1.165) is 16.8 Å². The molecule has 140 valence electrons. The third kappa shape index (κ3) is 3.81. The molecule has 0 bridgehead atoms. The zero-order valence-corrected chi connectivity index (χ0v) is 14.0. The summed E-state index contributed by atoms with van der Waals surface area (Å²) in [7, 11) is 0. The number of carbonyl (C=O) groups excluding carboxylic acids is 1. The maximum absolute atomic E-state index is 13.2. The number of benzene rings is 2. The third-order valence-electron chi connectivity index (χ3n) is 3.86. The molecule has 2 aromatic carbocycles. The van der Waals surface area contributed by atoms with Crippen LogP contribution in [0.1, 0.15) is 17.0 Å². The average molecular weight is 379 g/mol. The molecule has 0 saturated heterocycles. The van der Waals surface area contributed by atoms with Gasteiger partial charge in [0.1, 0.15) is 11.6 Å². The summed E-state index contributed by atoms with van der Waals surface area (Å²) < 4.78 is 53.3. The molecule has 0 aliphatic rings. The van der Waals surface area contributed by atoms with Gasteiger partial charge in [0.05, 0.1) is 22.9 Å². The van der Waals surface area contributed by atoms with Crippen molar-refractivity contribution in [2.45, 2.75) is 19.5 Å². The van der Waals surface area contributed by atoms with Crippen molar-refractivity contribution in [2.75, 3.05) is 5.43 Å².